The molecule has 66 valence electrons. The number of H-pyrrole nitrogens is 1. The quantitative estimate of drug-likeness (QED) is 0.716. The standard InChI is InChI=1S/C8H13N3S/c1-11(2)6-4-7-9-5-3-8(12)10-7/h3,5H,4,6H2,1-2H3,(H,9,10,12). The van der Waals surface area contributed by atoms with Crippen LogP contribution in [0.2, 0.25) is 0 Å². The zero-order valence-corrected chi connectivity index (χ0v) is 8.19. The minimum absolute atomic E-state index is 0.749. The van der Waals surface area contributed by atoms with E-state index in [1.165, 1.54) is 0 Å². The number of aromatic nitrogens is 2. The second kappa shape index (κ2) is 4.33. The molecule has 0 spiro atoms. The molecule has 1 aromatic heterocycles. The second-order valence-corrected chi connectivity index (χ2v) is 3.37. The number of likely N-dealkylation sites (N-methyl/N-ethyl adjacent to an activating group) is 1. The van der Waals surface area contributed by atoms with Gasteiger partial charge in [0.15, 0.2) is 0 Å². The Morgan fingerprint density at radius 2 is 2.33 bits per heavy atom. The Bertz CT molecular complexity index is 292. The van der Waals surface area contributed by atoms with Crippen LogP contribution >= 0.6 is 12.2 Å². The summed E-state index contributed by atoms with van der Waals surface area (Å²) >= 11 is 4.97. The molecule has 0 atom stereocenters. The first-order valence-electron chi connectivity index (χ1n) is 3.87. The summed E-state index contributed by atoms with van der Waals surface area (Å²) < 4.78 is 0.749. The fraction of sp³-hybridized carbons (Fsp3) is 0.500. The molecule has 1 aromatic rings. The second-order valence-electron chi connectivity index (χ2n) is 2.93. The molecule has 12 heavy (non-hydrogen) atoms. The highest BCUT2D eigenvalue weighted by Crippen LogP contribution is 1.92. The van der Waals surface area contributed by atoms with Gasteiger partial charge in [0.2, 0.25) is 0 Å². The largest absolute Gasteiger partial charge is 0.335 e. The van der Waals surface area contributed by atoms with Gasteiger partial charge in [-0.3, -0.25) is 0 Å². The Morgan fingerprint density at radius 3 is 2.92 bits per heavy atom. The predicted molar refractivity (Wildman–Crippen MR) is 51.7 cm³/mol. The van der Waals surface area contributed by atoms with Crippen molar-refractivity contribution in [3.8, 4) is 0 Å². The van der Waals surface area contributed by atoms with Gasteiger partial charge in [-0.25, -0.2) is 4.98 Å². The average Bonchev–Trinajstić information content (AvgIpc) is 2.01. The van der Waals surface area contributed by atoms with E-state index in [4.69, 9.17) is 12.2 Å². The van der Waals surface area contributed by atoms with Gasteiger partial charge in [-0.05, 0) is 20.2 Å². The molecule has 4 heteroatoms. The Balaban J connectivity index is 2.58. The molecule has 3 nitrogen and oxygen atoms in total. The molecule has 0 aliphatic heterocycles. The van der Waals surface area contributed by atoms with Gasteiger partial charge in [0.25, 0.3) is 0 Å². The van der Waals surface area contributed by atoms with Gasteiger partial charge in [-0.2, -0.15) is 0 Å². The fourth-order valence-electron chi connectivity index (χ4n) is 0.868. The summed E-state index contributed by atoms with van der Waals surface area (Å²) in [4.78, 5) is 9.32. The summed E-state index contributed by atoms with van der Waals surface area (Å²) in [5.74, 6) is 0.955. The highest BCUT2D eigenvalue weighted by molar-refractivity contribution is 7.71. The maximum atomic E-state index is 4.97. The maximum absolute atomic E-state index is 4.97. The predicted octanol–water partition coefficient (Wildman–Crippen LogP) is 1.24. The number of rotatable bonds is 3. The fourth-order valence-corrected chi connectivity index (χ4v) is 1.05. The molecule has 1 N–H and O–H groups in total. The van der Waals surface area contributed by atoms with E-state index in [-0.39, 0.29) is 0 Å². The van der Waals surface area contributed by atoms with E-state index in [2.05, 4.69) is 14.9 Å². The van der Waals surface area contributed by atoms with Crippen LogP contribution < -0.4 is 0 Å². The molecular formula is C8H13N3S. The van der Waals surface area contributed by atoms with Gasteiger partial charge in [-0.1, -0.05) is 12.2 Å². The third kappa shape index (κ3) is 3.11. The summed E-state index contributed by atoms with van der Waals surface area (Å²) in [6.45, 7) is 0.988. The summed E-state index contributed by atoms with van der Waals surface area (Å²) in [7, 11) is 4.08. The third-order valence-corrected chi connectivity index (χ3v) is 1.76. The molecular weight excluding hydrogens is 170 g/mol. The molecule has 0 amide bonds. The lowest BCUT2D eigenvalue weighted by Gasteiger charge is -2.07. The van der Waals surface area contributed by atoms with Crippen molar-refractivity contribution in [3.63, 3.8) is 0 Å². The van der Waals surface area contributed by atoms with Crippen molar-refractivity contribution in [1.29, 1.82) is 0 Å². The molecule has 0 bridgehead atoms. The van der Waals surface area contributed by atoms with Crippen LogP contribution in [0, 0.1) is 4.64 Å². The molecule has 1 heterocycles. The van der Waals surface area contributed by atoms with Crippen LogP contribution in [0.3, 0.4) is 0 Å². The van der Waals surface area contributed by atoms with Crippen molar-refractivity contribution < 1.29 is 0 Å². The number of nitrogens with one attached hydrogen (secondary N) is 1. The van der Waals surface area contributed by atoms with Crippen LogP contribution in [0.25, 0.3) is 0 Å². The molecule has 0 aliphatic carbocycles. The van der Waals surface area contributed by atoms with Crippen molar-refractivity contribution in [2.24, 2.45) is 0 Å². The molecule has 0 saturated carbocycles. The molecule has 0 aromatic carbocycles. The number of hydrogen-bond donors (Lipinski definition) is 1. The minimum atomic E-state index is 0.749. The maximum Gasteiger partial charge on any atom is 0.108 e. The van der Waals surface area contributed by atoms with E-state index in [0.29, 0.717) is 0 Å². The monoisotopic (exact) mass is 183 g/mol. The van der Waals surface area contributed by atoms with Gasteiger partial charge >= 0.3 is 0 Å². The summed E-state index contributed by atoms with van der Waals surface area (Å²) in [5.41, 5.74) is 0. The van der Waals surface area contributed by atoms with E-state index in [1.807, 2.05) is 14.1 Å². The summed E-state index contributed by atoms with van der Waals surface area (Å²) in [5, 5.41) is 0. The lowest BCUT2D eigenvalue weighted by Crippen LogP contribution is -2.16. The Morgan fingerprint density at radius 1 is 1.58 bits per heavy atom. The third-order valence-electron chi connectivity index (χ3n) is 1.52. The number of aromatic amines is 1. The average molecular weight is 183 g/mol. The van der Waals surface area contributed by atoms with Gasteiger partial charge in [0, 0.05) is 19.2 Å². The Hall–Kier alpha value is -0.740. The van der Waals surface area contributed by atoms with E-state index < -0.39 is 0 Å². The SMILES string of the molecule is CN(C)CCc1nccc(=S)[nH]1. The van der Waals surface area contributed by atoms with Crippen LogP contribution in [0.15, 0.2) is 12.3 Å². The van der Waals surface area contributed by atoms with E-state index in [1.54, 1.807) is 12.3 Å². The first kappa shape index (κ1) is 9.35. The molecule has 0 aliphatic rings. The van der Waals surface area contributed by atoms with E-state index in [0.717, 1.165) is 23.4 Å². The van der Waals surface area contributed by atoms with Crippen LogP contribution in [-0.4, -0.2) is 35.5 Å². The summed E-state index contributed by atoms with van der Waals surface area (Å²) in [6, 6.07) is 1.79. The zero-order valence-electron chi connectivity index (χ0n) is 7.37. The van der Waals surface area contributed by atoms with Crippen molar-refractivity contribution in [2.75, 3.05) is 20.6 Å². The molecule has 0 saturated heterocycles. The van der Waals surface area contributed by atoms with Crippen molar-refractivity contribution in [2.45, 2.75) is 6.42 Å². The van der Waals surface area contributed by atoms with Gasteiger partial charge in [-0.15, -0.1) is 0 Å². The first-order chi connectivity index (χ1) is 5.68. The minimum Gasteiger partial charge on any atom is -0.335 e. The molecule has 1 rings (SSSR count). The highest BCUT2D eigenvalue weighted by Gasteiger charge is 1.94. The smallest absolute Gasteiger partial charge is 0.108 e. The number of hydrogen-bond acceptors (Lipinski definition) is 3. The van der Waals surface area contributed by atoms with Gasteiger partial charge in [0.05, 0.1) is 0 Å². The Kier molecular flexibility index (Phi) is 3.37. The highest BCUT2D eigenvalue weighted by atomic mass is 32.1. The number of nitrogens with zero attached hydrogens (tertiary/aromatic N) is 2. The topological polar surface area (TPSA) is 31.9 Å². The molecule has 0 radical (unpaired) electrons. The lowest BCUT2D eigenvalue weighted by molar-refractivity contribution is 0.409. The van der Waals surface area contributed by atoms with Crippen LogP contribution in [0.4, 0.5) is 0 Å². The van der Waals surface area contributed by atoms with Crippen molar-refractivity contribution >= 4 is 12.2 Å². The molecule has 0 unspecified atom stereocenters. The van der Waals surface area contributed by atoms with Gasteiger partial charge < -0.3 is 9.88 Å². The van der Waals surface area contributed by atoms with Crippen molar-refractivity contribution in [1.82, 2.24) is 14.9 Å². The first-order valence-corrected chi connectivity index (χ1v) is 4.28. The summed E-state index contributed by atoms with van der Waals surface area (Å²) in [6.07, 6.45) is 2.65. The van der Waals surface area contributed by atoms with Crippen LogP contribution in [0.1, 0.15) is 5.82 Å². The van der Waals surface area contributed by atoms with Gasteiger partial charge in [0.1, 0.15) is 10.5 Å². The molecule has 0 fully saturated rings. The van der Waals surface area contributed by atoms with E-state index in [9.17, 15) is 0 Å². The van der Waals surface area contributed by atoms with Crippen LogP contribution in [-0.2, 0) is 6.42 Å². The Labute approximate surface area is 77.4 Å². The lowest BCUT2D eigenvalue weighted by atomic mass is 10.4. The normalized spacial score (nSPS) is 10.6. The van der Waals surface area contributed by atoms with Crippen molar-refractivity contribution in [3.05, 3.63) is 22.7 Å². The zero-order chi connectivity index (χ0) is 8.97. The van der Waals surface area contributed by atoms with Crippen LogP contribution in [0.5, 0.6) is 0 Å². The van der Waals surface area contributed by atoms with E-state index >= 15 is 0 Å².